The fourth-order valence-electron chi connectivity index (χ4n) is 1.36. The van der Waals surface area contributed by atoms with E-state index < -0.39 is 0 Å². The van der Waals surface area contributed by atoms with Crippen LogP contribution in [0.1, 0.15) is 19.2 Å². The number of rotatable bonds is 5. The number of aromatic nitrogens is 4. The maximum atomic E-state index is 4.29. The standard InChI is InChI=1S/C9H13N5S/c1-2-4-14-5-3-10-8(14)6-11-9-13-12-7-15-9/h3,5,7H,2,4,6H2,1H3,(H,11,13). The van der Waals surface area contributed by atoms with Crippen LogP contribution < -0.4 is 5.32 Å². The fraction of sp³-hybridized carbons (Fsp3) is 0.444. The van der Waals surface area contributed by atoms with Crippen LogP contribution in [0.5, 0.6) is 0 Å². The quantitative estimate of drug-likeness (QED) is 0.839. The van der Waals surface area contributed by atoms with Gasteiger partial charge in [0.1, 0.15) is 11.3 Å². The number of imidazole rings is 1. The van der Waals surface area contributed by atoms with Crippen LogP contribution in [0.4, 0.5) is 5.13 Å². The third kappa shape index (κ3) is 2.53. The molecule has 6 heteroatoms. The molecular formula is C9H13N5S. The van der Waals surface area contributed by atoms with Crippen LogP contribution in [0.25, 0.3) is 0 Å². The summed E-state index contributed by atoms with van der Waals surface area (Å²) >= 11 is 1.49. The molecule has 5 nitrogen and oxygen atoms in total. The minimum atomic E-state index is 0.697. The molecule has 15 heavy (non-hydrogen) atoms. The van der Waals surface area contributed by atoms with Crippen molar-refractivity contribution in [2.45, 2.75) is 26.4 Å². The number of anilines is 1. The lowest BCUT2D eigenvalue weighted by Gasteiger charge is -2.06. The van der Waals surface area contributed by atoms with Gasteiger partial charge in [-0.15, -0.1) is 10.2 Å². The molecule has 1 N–H and O–H groups in total. The summed E-state index contributed by atoms with van der Waals surface area (Å²) in [6.45, 7) is 3.86. The van der Waals surface area contributed by atoms with Crippen molar-refractivity contribution in [2.24, 2.45) is 0 Å². The molecule has 0 aliphatic heterocycles. The van der Waals surface area contributed by atoms with Crippen molar-refractivity contribution < 1.29 is 0 Å². The Kier molecular flexibility index (Phi) is 3.29. The van der Waals surface area contributed by atoms with Crippen LogP contribution in [0, 0.1) is 0 Å². The van der Waals surface area contributed by atoms with E-state index in [4.69, 9.17) is 0 Å². The average molecular weight is 223 g/mol. The van der Waals surface area contributed by atoms with Gasteiger partial charge >= 0.3 is 0 Å². The van der Waals surface area contributed by atoms with Gasteiger partial charge in [0.15, 0.2) is 0 Å². The normalized spacial score (nSPS) is 10.5. The summed E-state index contributed by atoms with van der Waals surface area (Å²) in [7, 11) is 0. The van der Waals surface area contributed by atoms with Crippen LogP contribution in [-0.4, -0.2) is 19.7 Å². The SMILES string of the molecule is CCCn1ccnc1CNc1nncs1. The smallest absolute Gasteiger partial charge is 0.205 e. The molecule has 0 aliphatic carbocycles. The van der Waals surface area contributed by atoms with Crippen LogP contribution >= 0.6 is 11.3 Å². The zero-order valence-electron chi connectivity index (χ0n) is 8.55. The summed E-state index contributed by atoms with van der Waals surface area (Å²) < 4.78 is 2.15. The molecule has 0 atom stereocenters. The van der Waals surface area contributed by atoms with E-state index in [2.05, 4.69) is 32.0 Å². The highest BCUT2D eigenvalue weighted by atomic mass is 32.1. The molecule has 2 aromatic rings. The molecule has 0 fully saturated rings. The van der Waals surface area contributed by atoms with E-state index in [0.717, 1.165) is 23.9 Å². The first kappa shape index (κ1) is 10.1. The van der Waals surface area contributed by atoms with Crippen LogP contribution in [0.15, 0.2) is 17.9 Å². The number of hydrogen-bond acceptors (Lipinski definition) is 5. The van der Waals surface area contributed by atoms with Crippen LogP contribution in [-0.2, 0) is 13.1 Å². The third-order valence-electron chi connectivity index (χ3n) is 2.02. The molecule has 0 saturated heterocycles. The van der Waals surface area contributed by atoms with Gasteiger partial charge in [0.2, 0.25) is 5.13 Å². The molecule has 0 aromatic carbocycles. The minimum Gasteiger partial charge on any atom is -0.353 e. The van der Waals surface area contributed by atoms with E-state index in [1.165, 1.54) is 11.3 Å². The lowest BCUT2D eigenvalue weighted by atomic mass is 10.4. The lowest BCUT2D eigenvalue weighted by Crippen LogP contribution is -2.08. The number of aryl methyl sites for hydroxylation is 1. The highest BCUT2D eigenvalue weighted by molar-refractivity contribution is 7.13. The summed E-state index contributed by atoms with van der Waals surface area (Å²) in [6, 6.07) is 0. The van der Waals surface area contributed by atoms with Crippen LogP contribution in [0.3, 0.4) is 0 Å². The van der Waals surface area contributed by atoms with Gasteiger partial charge in [0.05, 0.1) is 6.54 Å². The first-order valence-corrected chi connectivity index (χ1v) is 5.78. The Morgan fingerprint density at radius 1 is 1.53 bits per heavy atom. The first-order chi connectivity index (χ1) is 7.40. The highest BCUT2D eigenvalue weighted by Gasteiger charge is 2.02. The van der Waals surface area contributed by atoms with Crippen molar-refractivity contribution in [1.29, 1.82) is 0 Å². The first-order valence-electron chi connectivity index (χ1n) is 4.90. The second-order valence-electron chi connectivity index (χ2n) is 3.13. The molecule has 0 aliphatic rings. The molecule has 0 amide bonds. The summed E-state index contributed by atoms with van der Waals surface area (Å²) in [5, 5.41) is 11.7. The average Bonchev–Trinajstić information content (AvgIpc) is 2.85. The molecule has 0 saturated carbocycles. The number of nitrogens with one attached hydrogen (secondary N) is 1. The molecule has 0 unspecified atom stereocenters. The van der Waals surface area contributed by atoms with E-state index in [1.807, 2.05) is 12.4 Å². The Morgan fingerprint density at radius 3 is 3.20 bits per heavy atom. The van der Waals surface area contributed by atoms with E-state index >= 15 is 0 Å². The van der Waals surface area contributed by atoms with Gasteiger partial charge in [0.25, 0.3) is 0 Å². The van der Waals surface area contributed by atoms with Crippen molar-refractivity contribution in [3.05, 3.63) is 23.7 Å². The summed E-state index contributed by atoms with van der Waals surface area (Å²) in [5.41, 5.74) is 1.71. The molecular weight excluding hydrogens is 210 g/mol. The lowest BCUT2D eigenvalue weighted by molar-refractivity contribution is 0.644. The van der Waals surface area contributed by atoms with Crippen molar-refractivity contribution in [3.63, 3.8) is 0 Å². The molecule has 2 aromatic heterocycles. The number of nitrogens with zero attached hydrogens (tertiary/aromatic N) is 4. The monoisotopic (exact) mass is 223 g/mol. The van der Waals surface area contributed by atoms with Gasteiger partial charge in [-0.25, -0.2) is 4.98 Å². The predicted octanol–water partition coefficient (Wildman–Crippen LogP) is 1.76. The molecule has 80 valence electrons. The zero-order chi connectivity index (χ0) is 10.5. The fourth-order valence-corrected chi connectivity index (χ4v) is 1.80. The number of hydrogen-bond donors (Lipinski definition) is 1. The van der Waals surface area contributed by atoms with Crippen LogP contribution in [0.2, 0.25) is 0 Å². The highest BCUT2D eigenvalue weighted by Crippen LogP contribution is 2.09. The van der Waals surface area contributed by atoms with Gasteiger partial charge in [-0.1, -0.05) is 18.3 Å². The largest absolute Gasteiger partial charge is 0.353 e. The molecule has 0 spiro atoms. The van der Waals surface area contributed by atoms with Gasteiger partial charge in [-0.3, -0.25) is 0 Å². The minimum absolute atomic E-state index is 0.697. The summed E-state index contributed by atoms with van der Waals surface area (Å²) in [6.07, 6.45) is 4.94. The molecule has 2 heterocycles. The summed E-state index contributed by atoms with van der Waals surface area (Å²) in [4.78, 5) is 4.29. The van der Waals surface area contributed by atoms with Crippen molar-refractivity contribution in [3.8, 4) is 0 Å². The third-order valence-corrected chi connectivity index (χ3v) is 2.67. The van der Waals surface area contributed by atoms with Crippen molar-refractivity contribution in [1.82, 2.24) is 19.7 Å². The Balaban J connectivity index is 1.95. The van der Waals surface area contributed by atoms with Gasteiger partial charge in [-0.2, -0.15) is 0 Å². The molecule has 2 rings (SSSR count). The molecule has 0 bridgehead atoms. The van der Waals surface area contributed by atoms with E-state index in [9.17, 15) is 0 Å². The maximum absolute atomic E-state index is 4.29. The topological polar surface area (TPSA) is 55.6 Å². The van der Waals surface area contributed by atoms with Crippen molar-refractivity contribution >= 4 is 16.5 Å². The Hall–Kier alpha value is -1.43. The second kappa shape index (κ2) is 4.88. The molecule has 0 radical (unpaired) electrons. The second-order valence-corrected chi connectivity index (χ2v) is 3.97. The van der Waals surface area contributed by atoms with Gasteiger partial charge in [0, 0.05) is 18.9 Å². The Labute approximate surface area is 92.2 Å². The van der Waals surface area contributed by atoms with Crippen molar-refractivity contribution in [2.75, 3.05) is 5.32 Å². The van der Waals surface area contributed by atoms with E-state index in [0.29, 0.717) is 6.54 Å². The van der Waals surface area contributed by atoms with E-state index in [-0.39, 0.29) is 0 Å². The predicted molar refractivity (Wildman–Crippen MR) is 59.8 cm³/mol. The van der Waals surface area contributed by atoms with E-state index in [1.54, 1.807) is 5.51 Å². The Morgan fingerprint density at radius 2 is 2.47 bits per heavy atom. The summed E-state index contributed by atoms with van der Waals surface area (Å²) in [5.74, 6) is 1.03. The maximum Gasteiger partial charge on any atom is 0.205 e. The Bertz CT molecular complexity index is 394. The zero-order valence-corrected chi connectivity index (χ0v) is 9.37. The van der Waals surface area contributed by atoms with Gasteiger partial charge in [-0.05, 0) is 6.42 Å². The van der Waals surface area contributed by atoms with Gasteiger partial charge < -0.3 is 9.88 Å².